The molecule has 0 aliphatic carbocycles. The van der Waals surface area contributed by atoms with Crippen molar-refractivity contribution in [2.75, 3.05) is 5.32 Å². The fourth-order valence-corrected chi connectivity index (χ4v) is 1.73. The van der Waals surface area contributed by atoms with Crippen molar-refractivity contribution in [3.63, 3.8) is 0 Å². The summed E-state index contributed by atoms with van der Waals surface area (Å²) in [5.41, 5.74) is 2.29. The second-order valence-electron chi connectivity index (χ2n) is 4.28. The van der Waals surface area contributed by atoms with E-state index in [-0.39, 0.29) is 23.8 Å². The van der Waals surface area contributed by atoms with E-state index in [0.29, 0.717) is 11.3 Å². The minimum Gasteiger partial charge on any atom is -0.507 e. The molecule has 1 amide bonds. The van der Waals surface area contributed by atoms with E-state index in [1.54, 1.807) is 49.4 Å². The van der Waals surface area contributed by atoms with E-state index in [4.69, 9.17) is 5.11 Å². The third-order valence-corrected chi connectivity index (χ3v) is 2.88. The number of benzene rings is 2. The molecule has 0 aliphatic rings. The lowest BCUT2D eigenvalue weighted by Gasteiger charge is -2.08. The Morgan fingerprint density at radius 3 is 2.47 bits per heavy atom. The number of aromatic hydroxyl groups is 1. The normalized spacial score (nSPS) is 10.2. The third kappa shape index (κ3) is 2.92. The maximum atomic E-state index is 12.0. The van der Waals surface area contributed by atoms with Crippen molar-refractivity contribution in [2.24, 2.45) is 0 Å². The zero-order valence-corrected chi connectivity index (χ0v) is 10.6. The van der Waals surface area contributed by atoms with Gasteiger partial charge in [-0.05, 0) is 36.2 Å². The van der Waals surface area contributed by atoms with Gasteiger partial charge in [0.25, 0.3) is 5.91 Å². The van der Waals surface area contributed by atoms with Crippen LogP contribution in [0.25, 0.3) is 0 Å². The number of phenols is 1. The summed E-state index contributed by atoms with van der Waals surface area (Å²) in [5.74, 6) is -0.370. The molecule has 2 aromatic carbocycles. The Morgan fingerprint density at radius 2 is 1.84 bits per heavy atom. The molecule has 0 atom stereocenters. The number of aliphatic hydroxyl groups excluding tert-OH is 1. The van der Waals surface area contributed by atoms with Gasteiger partial charge < -0.3 is 15.5 Å². The molecule has 0 radical (unpaired) electrons. The van der Waals surface area contributed by atoms with E-state index in [9.17, 15) is 9.90 Å². The number of carbonyl (C=O) groups excluding carboxylic acids is 1. The number of rotatable bonds is 3. The van der Waals surface area contributed by atoms with Crippen LogP contribution in [0.5, 0.6) is 5.75 Å². The Bertz CT molecular complexity index is 591. The molecule has 0 saturated carbocycles. The van der Waals surface area contributed by atoms with Crippen LogP contribution >= 0.6 is 0 Å². The van der Waals surface area contributed by atoms with Crippen molar-refractivity contribution in [3.05, 3.63) is 59.2 Å². The summed E-state index contributed by atoms with van der Waals surface area (Å²) >= 11 is 0. The van der Waals surface area contributed by atoms with Crippen LogP contribution in [0.4, 0.5) is 5.69 Å². The summed E-state index contributed by atoms with van der Waals surface area (Å²) in [4.78, 5) is 12.0. The molecule has 0 spiro atoms. The van der Waals surface area contributed by atoms with E-state index in [1.807, 2.05) is 0 Å². The smallest absolute Gasteiger partial charge is 0.259 e. The maximum absolute atomic E-state index is 12.0. The number of carbonyl (C=O) groups is 1. The number of nitrogens with one attached hydrogen (secondary N) is 1. The van der Waals surface area contributed by atoms with Crippen molar-refractivity contribution in [3.8, 4) is 5.75 Å². The highest BCUT2D eigenvalue weighted by atomic mass is 16.3. The SMILES string of the molecule is Cc1cccc(C(=O)Nc2ccc(CO)cc2)c1O. The Hall–Kier alpha value is -2.33. The van der Waals surface area contributed by atoms with Gasteiger partial charge >= 0.3 is 0 Å². The first-order valence-electron chi connectivity index (χ1n) is 5.91. The summed E-state index contributed by atoms with van der Waals surface area (Å²) in [5, 5.41) is 21.5. The number of aryl methyl sites for hydroxylation is 1. The zero-order valence-electron chi connectivity index (χ0n) is 10.6. The summed E-state index contributed by atoms with van der Waals surface area (Å²) in [6.07, 6.45) is 0. The largest absolute Gasteiger partial charge is 0.507 e. The average molecular weight is 257 g/mol. The van der Waals surface area contributed by atoms with Gasteiger partial charge in [0.15, 0.2) is 0 Å². The van der Waals surface area contributed by atoms with Crippen LogP contribution in [0.2, 0.25) is 0 Å². The first kappa shape index (κ1) is 13.1. The maximum Gasteiger partial charge on any atom is 0.259 e. The molecular weight excluding hydrogens is 242 g/mol. The number of aliphatic hydroxyl groups is 1. The van der Waals surface area contributed by atoms with Crippen LogP contribution in [0, 0.1) is 6.92 Å². The molecule has 0 saturated heterocycles. The number of anilines is 1. The molecule has 0 heterocycles. The summed E-state index contributed by atoms with van der Waals surface area (Å²) in [7, 11) is 0. The van der Waals surface area contributed by atoms with Gasteiger partial charge in [-0.2, -0.15) is 0 Å². The lowest BCUT2D eigenvalue weighted by atomic mass is 10.1. The van der Waals surface area contributed by atoms with Crippen LogP contribution in [0.1, 0.15) is 21.5 Å². The van der Waals surface area contributed by atoms with Crippen molar-refractivity contribution in [1.82, 2.24) is 0 Å². The third-order valence-electron chi connectivity index (χ3n) is 2.88. The van der Waals surface area contributed by atoms with Gasteiger partial charge in [0.2, 0.25) is 0 Å². The van der Waals surface area contributed by atoms with Crippen LogP contribution in [-0.2, 0) is 6.61 Å². The van der Waals surface area contributed by atoms with E-state index in [2.05, 4.69) is 5.32 Å². The van der Waals surface area contributed by atoms with Crippen molar-refractivity contribution < 1.29 is 15.0 Å². The van der Waals surface area contributed by atoms with Gasteiger partial charge in [-0.15, -0.1) is 0 Å². The fourth-order valence-electron chi connectivity index (χ4n) is 1.73. The number of hydrogen-bond acceptors (Lipinski definition) is 3. The number of hydrogen-bond donors (Lipinski definition) is 3. The highest BCUT2D eigenvalue weighted by molar-refractivity contribution is 6.06. The molecule has 4 nitrogen and oxygen atoms in total. The topological polar surface area (TPSA) is 69.6 Å². The first-order chi connectivity index (χ1) is 9.11. The summed E-state index contributed by atoms with van der Waals surface area (Å²) in [6, 6.07) is 11.9. The minimum atomic E-state index is -0.363. The standard InChI is InChI=1S/C15H15NO3/c1-10-3-2-4-13(14(10)18)15(19)16-12-7-5-11(9-17)6-8-12/h2-8,17-18H,9H2,1H3,(H,16,19). The summed E-state index contributed by atoms with van der Waals surface area (Å²) in [6.45, 7) is 1.70. The van der Waals surface area contributed by atoms with Gasteiger partial charge in [0.1, 0.15) is 5.75 Å². The molecule has 4 heteroatoms. The average Bonchev–Trinajstić information content (AvgIpc) is 2.42. The predicted molar refractivity (Wildman–Crippen MR) is 73.2 cm³/mol. The molecule has 0 unspecified atom stereocenters. The molecule has 98 valence electrons. The van der Waals surface area contributed by atoms with Gasteiger partial charge in [0.05, 0.1) is 12.2 Å². The first-order valence-corrected chi connectivity index (χ1v) is 5.91. The molecule has 2 aromatic rings. The lowest BCUT2D eigenvalue weighted by molar-refractivity contribution is 0.102. The molecule has 0 aromatic heterocycles. The van der Waals surface area contributed by atoms with Crippen LogP contribution in [-0.4, -0.2) is 16.1 Å². The Balaban J connectivity index is 2.18. The Morgan fingerprint density at radius 1 is 1.16 bits per heavy atom. The Labute approximate surface area is 111 Å². The zero-order chi connectivity index (χ0) is 13.8. The second kappa shape index (κ2) is 5.54. The molecule has 0 fully saturated rings. The van der Waals surface area contributed by atoms with Crippen LogP contribution in [0.3, 0.4) is 0 Å². The second-order valence-corrected chi connectivity index (χ2v) is 4.28. The van der Waals surface area contributed by atoms with Gasteiger partial charge in [0, 0.05) is 5.69 Å². The van der Waals surface area contributed by atoms with Crippen molar-refractivity contribution >= 4 is 11.6 Å². The quantitative estimate of drug-likeness (QED) is 0.791. The minimum absolute atomic E-state index is 0.00743. The van der Waals surface area contributed by atoms with Crippen LogP contribution < -0.4 is 5.32 Å². The van der Waals surface area contributed by atoms with E-state index in [1.165, 1.54) is 0 Å². The van der Waals surface area contributed by atoms with Crippen molar-refractivity contribution in [1.29, 1.82) is 0 Å². The van der Waals surface area contributed by atoms with E-state index in [0.717, 1.165) is 5.56 Å². The molecule has 2 rings (SSSR count). The molecule has 19 heavy (non-hydrogen) atoms. The lowest BCUT2D eigenvalue weighted by Crippen LogP contribution is -2.12. The number of phenolic OH excluding ortho intramolecular Hbond substituents is 1. The van der Waals surface area contributed by atoms with Gasteiger partial charge in [-0.3, -0.25) is 4.79 Å². The number of amides is 1. The Kier molecular flexibility index (Phi) is 3.82. The van der Waals surface area contributed by atoms with E-state index >= 15 is 0 Å². The fraction of sp³-hybridized carbons (Fsp3) is 0.133. The van der Waals surface area contributed by atoms with Crippen LogP contribution in [0.15, 0.2) is 42.5 Å². The predicted octanol–water partition coefficient (Wildman–Crippen LogP) is 2.45. The molecule has 3 N–H and O–H groups in total. The van der Waals surface area contributed by atoms with Gasteiger partial charge in [-0.1, -0.05) is 24.3 Å². The molecule has 0 aliphatic heterocycles. The number of para-hydroxylation sites is 1. The monoisotopic (exact) mass is 257 g/mol. The molecule has 0 bridgehead atoms. The highest BCUT2D eigenvalue weighted by Gasteiger charge is 2.12. The molecular formula is C15H15NO3. The summed E-state index contributed by atoms with van der Waals surface area (Å²) < 4.78 is 0. The highest BCUT2D eigenvalue weighted by Crippen LogP contribution is 2.22. The van der Waals surface area contributed by atoms with E-state index < -0.39 is 0 Å². The van der Waals surface area contributed by atoms with Crippen molar-refractivity contribution in [2.45, 2.75) is 13.5 Å². The van der Waals surface area contributed by atoms with Gasteiger partial charge in [-0.25, -0.2) is 0 Å².